The van der Waals surface area contributed by atoms with Crippen LogP contribution in [0.4, 0.5) is 5.69 Å². The highest BCUT2D eigenvalue weighted by atomic mass is 32.2. The van der Waals surface area contributed by atoms with Crippen molar-refractivity contribution in [3.8, 4) is 0 Å². The van der Waals surface area contributed by atoms with Gasteiger partial charge in [0.15, 0.2) is 0 Å². The van der Waals surface area contributed by atoms with Crippen LogP contribution < -0.4 is 5.32 Å². The van der Waals surface area contributed by atoms with Crippen molar-refractivity contribution in [3.63, 3.8) is 0 Å². The first kappa shape index (κ1) is 11.5. The van der Waals surface area contributed by atoms with Gasteiger partial charge in [-0.25, -0.2) is 0 Å². The Labute approximate surface area is 119 Å². The van der Waals surface area contributed by atoms with Gasteiger partial charge in [0, 0.05) is 21.7 Å². The van der Waals surface area contributed by atoms with E-state index in [1.54, 1.807) is 6.07 Å². The summed E-state index contributed by atoms with van der Waals surface area (Å²) in [6.45, 7) is 0. The molecule has 0 aromatic heterocycles. The second kappa shape index (κ2) is 4.08. The number of hydrogen-bond acceptors (Lipinski definition) is 3. The molecule has 4 rings (SSSR count). The minimum Gasteiger partial charge on any atom is -0.321 e. The largest absolute Gasteiger partial charge is 0.321 e. The Morgan fingerprint density at radius 1 is 0.850 bits per heavy atom. The molecular weight excluding hydrogens is 270 g/mol. The molecule has 0 saturated heterocycles. The molecule has 0 aliphatic carbocycles. The van der Waals surface area contributed by atoms with Gasteiger partial charge in [-0.3, -0.25) is 9.59 Å². The highest BCUT2D eigenvalue weighted by Gasteiger charge is 2.35. The first-order chi connectivity index (χ1) is 9.75. The predicted octanol–water partition coefficient (Wildman–Crippen LogP) is 3.34. The van der Waals surface area contributed by atoms with E-state index < -0.39 is 0 Å². The number of anilines is 1. The second-order valence-electron chi connectivity index (χ2n) is 4.63. The molecule has 2 aliphatic rings. The third-order valence-corrected chi connectivity index (χ3v) is 4.62. The minimum atomic E-state index is -0.199. The van der Waals surface area contributed by atoms with Crippen LogP contribution in [0.3, 0.4) is 0 Å². The van der Waals surface area contributed by atoms with Gasteiger partial charge < -0.3 is 5.32 Å². The zero-order chi connectivity index (χ0) is 13.7. The van der Waals surface area contributed by atoms with Crippen molar-refractivity contribution in [2.75, 3.05) is 5.32 Å². The molecule has 0 bridgehead atoms. The molecule has 3 nitrogen and oxygen atoms in total. The van der Waals surface area contributed by atoms with Crippen molar-refractivity contribution >= 4 is 34.7 Å². The molecule has 0 unspecified atom stereocenters. The predicted molar refractivity (Wildman–Crippen MR) is 78.6 cm³/mol. The van der Waals surface area contributed by atoms with Crippen LogP contribution in [0.1, 0.15) is 15.9 Å². The summed E-state index contributed by atoms with van der Waals surface area (Å²) in [6, 6.07) is 14.9. The topological polar surface area (TPSA) is 46.2 Å². The quantitative estimate of drug-likeness (QED) is 0.752. The molecule has 96 valence electrons. The van der Waals surface area contributed by atoms with E-state index in [-0.39, 0.29) is 11.7 Å². The lowest BCUT2D eigenvalue weighted by Gasteiger charge is -2.00. The van der Waals surface area contributed by atoms with Crippen LogP contribution in [0, 0.1) is 0 Å². The molecule has 4 heteroatoms. The number of rotatable bonds is 0. The molecule has 1 amide bonds. The lowest BCUT2D eigenvalue weighted by atomic mass is 10.0. The Hall–Kier alpha value is -2.33. The Bertz CT molecular complexity index is 808. The van der Waals surface area contributed by atoms with Crippen molar-refractivity contribution in [1.29, 1.82) is 0 Å². The second-order valence-corrected chi connectivity index (χ2v) is 5.68. The van der Waals surface area contributed by atoms with Crippen LogP contribution in [0.15, 0.2) is 58.3 Å². The Morgan fingerprint density at radius 3 is 2.35 bits per heavy atom. The monoisotopic (exact) mass is 279 g/mol. The van der Waals surface area contributed by atoms with Crippen molar-refractivity contribution in [1.82, 2.24) is 0 Å². The van der Waals surface area contributed by atoms with Gasteiger partial charge in [-0.15, -0.1) is 0 Å². The molecule has 0 saturated carbocycles. The summed E-state index contributed by atoms with van der Waals surface area (Å²) in [5, 5.41) is 2.81. The van der Waals surface area contributed by atoms with E-state index >= 15 is 0 Å². The first-order valence-corrected chi connectivity index (χ1v) is 7.04. The summed E-state index contributed by atoms with van der Waals surface area (Å²) >= 11 is 1.38. The fourth-order valence-electron chi connectivity index (χ4n) is 2.53. The number of ketones is 1. The number of benzene rings is 2. The lowest BCUT2D eigenvalue weighted by Crippen LogP contribution is -2.07. The van der Waals surface area contributed by atoms with Gasteiger partial charge in [-0.2, -0.15) is 0 Å². The maximum Gasteiger partial charge on any atom is 0.257 e. The highest BCUT2D eigenvalue weighted by molar-refractivity contribution is 8.05. The summed E-state index contributed by atoms with van der Waals surface area (Å²) in [6.07, 6.45) is 0. The summed E-state index contributed by atoms with van der Waals surface area (Å²) in [5.41, 5.74) is 2.74. The fourth-order valence-corrected chi connectivity index (χ4v) is 3.67. The van der Waals surface area contributed by atoms with Crippen molar-refractivity contribution in [2.45, 2.75) is 4.90 Å². The van der Waals surface area contributed by atoms with Gasteiger partial charge in [0.1, 0.15) is 0 Å². The van der Waals surface area contributed by atoms with Gasteiger partial charge in [0.2, 0.25) is 5.78 Å². The van der Waals surface area contributed by atoms with Crippen molar-refractivity contribution in [2.24, 2.45) is 0 Å². The summed E-state index contributed by atoms with van der Waals surface area (Å²) in [5.74, 6) is -0.262. The van der Waals surface area contributed by atoms with Crippen molar-refractivity contribution < 1.29 is 9.59 Å². The molecular formula is C16H9NO2S. The molecule has 2 aromatic carbocycles. The molecule has 2 aromatic rings. The molecule has 0 radical (unpaired) electrons. The first-order valence-electron chi connectivity index (χ1n) is 6.22. The maximum atomic E-state index is 12.5. The van der Waals surface area contributed by atoms with E-state index in [1.807, 2.05) is 42.5 Å². The Morgan fingerprint density at radius 2 is 1.55 bits per heavy atom. The minimum absolute atomic E-state index is 0.0625. The molecule has 1 N–H and O–H groups in total. The van der Waals surface area contributed by atoms with E-state index in [9.17, 15) is 9.59 Å². The number of nitrogens with one attached hydrogen (secondary N) is 1. The number of hydrogen-bond donors (Lipinski definition) is 1. The molecule has 0 atom stereocenters. The smallest absolute Gasteiger partial charge is 0.257 e. The van der Waals surface area contributed by atoms with E-state index in [0.717, 1.165) is 16.1 Å². The number of carbonyl (C=O) groups is 2. The molecule has 2 heterocycles. The van der Waals surface area contributed by atoms with Crippen LogP contribution in [-0.2, 0) is 4.79 Å². The highest BCUT2D eigenvalue weighted by Crippen LogP contribution is 2.46. The summed E-state index contributed by atoms with van der Waals surface area (Å²) in [4.78, 5) is 26.1. The third kappa shape index (κ3) is 1.48. The zero-order valence-corrected chi connectivity index (χ0v) is 11.2. The molecule has 2 aliphatic heterocycles. The SMILES string of the molecule is O=C1Nc2ccccc2/C1=C1\Sc2ccccc2C1=O. The maximum absolute atomic E-state index is 12.5. The average molecular weight is 279 g/mol. The fraction of sp³-hybridized carbons (Fsp3) is 0. The van der Waals surface area contributed by atoms with Gasteiger partial charge >= 0.3 is 0 Å². The van der Waals surface area contributed by atoms with E-state index in [0.29, 0.717) is 16.0 Å². The van der Waals surface area contributed by atoms with Crippen LogP contribution in [-0.4, -0.2) is 11.7 Å². The zero-order valence-electron chi connectivity index (χ0n) is 10.3. The third-order valence-electron chi connectivity index (χ3n) is 3.45. The van der Waals surface area contributed by atoms with Gasteiger partial charge in [-0.1, -0.05) is 42.1 Å². The normalized spacial score (nSPS) is 19.8. The Kier molecular flexibility index (Phi) is 2.35. The molecule has 0 fully saturated rings. The molecule has 0 spiro atoms. The van der Waals surface area contributed by atoms with Gasteiger partial charge in [0.05, 0.1) is 10.5 Å². The van der Waals surface area contributed by atoms with E-state index in [1.165, 1.54) is 11.8 Å². The number of carbonyl (C=O) groups excluding carboxylic acids is 2. The van der Waals surface area contributed by atoms with Crippen LogP contribution in [0.25, 0.3) is 5.57 Å². The van der Waals surface area contributed by atoms with Gasteiger partial charge in [0.25, 0.3) is 5.91 Å². The van der Waals surface area contributed by atoms with E-state index in [2.05, 4.69) is 5.32 Å². The number of fused-ring (bicyclic) bond motifs is 2. The number of thioether (sulfide) groups is 1. The Balaban J connectivity index is 1.94. The number of Topliss-reactive ketones (excluding diaryl/α,β-unsaturated/α-hetero) is 1. The standard InChI is InChI=1S/C16H9NO2S/c18-14-10-6-2-4-8-12(10)20-15(14)13-9-5-1-3-7-11(9)17-16(13)19/h1-8H,(H,17,19)/b15-13+. The summed E-state index contributed by atoms with van der Waals surface area (Å²) in [7, 11) is 0. The van der Waals surface area contributed by atoms with Crippen molar-refractivity contribution in [3.05, 3.63) is 64.6 Å². The number of para-hydroxylation sites is 1. The van der Waals surface area contributed by atoms with Gasteiger partial charge in [-0.05, 0) is 18.2 Å². The van der Waals surface area contributed by atoms with E-state index in [4.69, 9.17) is 0 Å². The lowest BCUT2D eigenvalue weighted by molar-refractivity contribution is -0.110. The van der Waals surface area contributed by atoms with Crippen LogP contribution >= 0.6 is 11.8 Å². The number of allylic oxidation sites excluding steroid dienone is 1. The average Bonchev–Trinajstić information content (AvgIpc) is 2.96. The van der Waals surface area contributed by atoms with Crippen LogP contribution in [0.5, 0.6) is 0 Å². The van der Waals surface area contributed by atoms with Crippen LogP contribution in [0.2, 0.25) is 0 Å². The number of amides is 1. The molecule has 20 heavy (non-hydrogen) atoms. The summed E-state index contributed by atoms with van der Waals surface area (Å²) < 4.78 is 0.